The highest BCUT2D eigenvalue weighted by Gasteiger charge is 2.29. The summed E-state index contributed by atoms with van der Waals surface area (Å²) in [6, 6.07) is 13.4. The number of aromatic nitrogens is 1. The molecule has 8 heteroatoms. The summed E-state index contributed by atoms with van der Waals surface area (Å²) in [7, 11) is -3.47. The zero-order valence-electron chi connectivity index (χ0n) is 13.3. The van der Waals surface area contributed by atoms with Gasteiger partial charge >= 0.3 is 0 Å². The summed E-state index contributed by atoms with van der Waals surface area (Å²) in [6.45, 7) is 1.84. The van der Waals surface area contributed by atoms with Crippen molar-refractivity contribution in [2.45, 2.75) is 4.90 Å². The van der Waals surface area contributed by atoms with Crippen LogP contribution in [0.25, 0.3) is 10.2 Å². The monoisotopic (exact) mass is 377 g/mol. The molecular weight excluding hydrogens is 361 g/mol. The SMILES string of the molecule is O=S(=O)(c1ccccc1)N1CCN(c2nc3c(F)cccc3s2)CC1. The van der Waals surface area contributed by atoms with Crippen molar-refractivity contribution in [1.29, 1.82) is 0 Å². The van der Waals surface area contributed by atoms with Gasteiger partial charge in [-0.2, -0.15) is 4.31 Å². The summed E-state index contributed by atoms with van der Waals surface area (Å²) in [5, 5.41) is 0.733. The summed E-state index contributed by atoms with van der Waals surface area (Å²) in [6.07, 6.45) is 0. The van der Waals surface area contributed by atoms with Crippen LogP contribution in [0, 0.1) is 5.82 Å². The molecule has 5 nitrogen and oxygen atoms in total. The Kier molecular flexibility index (Phi) is 4.18. The van der Waals surface area contributed by atoms with Crippen LogP contribution >= 0.6 is 11.3 Å². The second-order valence-corrected chi connectivity index (χ2v) is 8.73. The molecule has 2 aromatic carbocycles. The summed E-state index contributed by atoms with van der Waals surface area (Å²) < 4.78 is 41.4. The number of para-hydroxylation sites is 1. The van der Waals surface area contributed by atoms with Crippen LogP contribution in [-0.2, 0) is 10.0 Å². The van der Waals surface area contributed by atoms with Crippen molar-refractivity contribution in [3.63, 3.8) is 0 Å². The van der Waals surface area contributed by atoms with Gasteiger partial charge in [0.1, 0.15) is 11.3 Å². The second-order valence-electron chi connectivity index (χ2n) is 5.79. The fourth-order valence-corrected chi connectivity index (χ4v) is 5.37. The minimum absolute atomic E-state index is 0.311. The maximum atomic E-state index is 13.8. The predicted molar refractivity (Wildman–Crippen MR) is 97.0 cm³/mol. The van der Waals surface area contributed by atoms with Crippen LogP contribution < -0.4 is 4.90 Å². The van der Waals surface area contributed by atoms with Gasteiger partial charge in [-0.15, -0.1) is 0 Å². The number of piperazine rings is 1. The number of sulfonamides is 1. The van der Waals surface area contributed by atoms with E-state index in [1.807, 2.05) is 11.0 Å². The molecule has 1 aliphatic rings. The number of halogens is 1. The van der Waals surface area contributed by atoms with Gasteiger partial charge in [-0.25, -0.2) is 17.8 Å². The number of fused-ring (bicyclic) bond motifs is 1. The molecule has 4 rings (SSSR count). The van der Waals surface area contributed by atoms with E-state index in [4.69, 9.17) is 0 Å². The maximum Gasteiger partial charge on any atom is 0.243 e. The Hall–Kier alpha value is -2.03. The van der Waals surface area contributed by atoms with Crippen molar-refractivity contribution in [3.05, 3.63) is 54.3 Å². The van der Waals surface area contributed by atoms with Crippen LogP contribution in [0.1, 0.15) is 0 Å². The number of hydrogen-bond donors (Lipinski definition) is 0. The van der Waals surface area contributed by atoms with Crippen LogP contribution in [0.15, 0.2) is 53.4 Å². The third kappa shape index (κ3) is 3.01. The molecule has 0 atom stereocenters. The zero-order chi connectivity index (χ0) is 17.4. The van der Waals surface area contributed by atoms with Crippen LogP contribution in [0.4, 0.5) is 9.52 Å². The van der Waals surface area contributed by atoms with Crippen molar-refractivity contribution in [2.24, 2.45) is 0 Å². The highest BCUT2D eigenvalue weighted by Crippen LogP contribution is 2.31. The summed E-state index contributed by atoms with van der Waals surface area (Å²) >= 11 is 1.43. The molecule has 1 saturated heterocycles. The average Bonchev–Trinajstić information content (AvgIpc) is 3.08. The Bertz CT molecular complexity index is 997. The van der Waals surface area contributed by atoms with Crippen molar-refractivity contribution < 1.29 is 12.8 Å². The van der Waals surface area contributed by atoms with Gasteiger partial charge in [-0.05, 0) is 24.3 Å². The summed E-state index contributed by atoms with van der Waals surface area (Å²) in [4.78, 5) is 6.71. The first-order valence-electron chi connectivity index (χ1n) is 7.91. The van der Waals surface area contributed by atoms with Gasteiger partial charge in [0.25, 0.3) is 0 Å². The fraction of sp³-hybridized carbons (Fsp3) is 0.235. The number of anilines is 1. The molecule has 0 amide bonds. The topological polar surface area (TPSA) is 53.5 Å². The molecule has 0 saturated carbocycles. The van der Waals surface area contributed by atoms with Gasteiger partial charge in [0, 0.05) is 26.2 Å². The Morgan fingerprint density at radius 2 is 1.68 bits per heavy atom. The standard InChI is InChI=1S/C17H16FN3O2S2/c18-14-7-4-8-15-16(14)19-17(24-15)20-9-11-21(12-10-20)25(22,23)13-5-2-1-3-6-13/h1-8H,9-12H2. The molecule has 3 aromatic rings. The smallest absolute Gasteiger partial charge is 0.243 e. The van der Waals surface area contributed by atoms with Crippen LogP contribution in [0.5, 0.6) is 0 Å². The number of rotatable bonds is 3. The zero-order valence-corrected chi connectivity index (χ0v) is 14.9. The van der Waals surface area contributed by atoms with Crippen molar-refractivity contribution in [3.8, 4) is 0 Å². The van der Waals surface area contributed by atoms with Crippen LogP contribution in [-0.4, -0.2) is 43.9 Å². The molecule has 1 aromatic heterocycles. The van der Waals surface area contributed by atoms with E-state index >= 15 is 0 Å². The van der Waals surface area contributed by atoms with Crippen molar-refractivity contribution >= 4 is 36.7 Å². The Balaban J connectivity index is 1.52. The summed E-state index contributed by atoms with van der Waals surface area (Å²) in [5.74, 6) is -0.328. The third-order valence-electron chi connectivity index (χ3n) is 4.25. The molecule has 0 unspecified atom stereocenters. The normalized spacial score (nSPS) is 16.4. The molecule has 2 heterocycles. The van der Waals surface area contributed by atoms with Crippen molar-refractivity contribution in [1.82, 2.24) is 9.29 Å². The number of thiazole rings is 1. The van der Waals surface area contributed by atoms with Gasteiger partial charge in [-0.3, -0.25) is 0 Å². The van der Waals surface area contributed by atoms with E-state index in [1.165, 1.54) is 21.7 Å². The lowest BCUT2D eigenvalue weighted by Gasteiger charge is -2.33. The molecule has 0 bridgehead atoms. The lowest BCUT2D eigenvalue weighted by molar-refractivity contribution is 0.385. The Morgan fingerprint density at radius 3 is 2.36 bits per heavy atom. The van der Waals surface area contributed by atoms with Gasteiger partial charge < -0.3 is 4.90 Å². The van der Waals surface area contributed by atoms with E-state index in [9.17, 15) is 12.8 Å². The van der Waals surface area contributed by atoms with E-state index in [0.29, 0.717) is 36.6 Å². The third-order valence-corrected chi connectivity index (χ3v) is 7.24. The largest absolute Gasteiger partial charge is 0.345 e. The molecule has 130 valence electrons. The van der Waals surface area contributed by atoms with Crippen LogP contribution in [0.3, 0.4) is 0 Å². The highest BCUT2D eigenvalue weighted by atomic mass is 32.2. The predicted octanol–water partition coefficient (Wildman–Crippen LogP) is 2.95. The molecule has 0 aliphatic carbocycles. The van der Waals surface area contributed by atoms with E-state index in [0.717, 1.165) is 9.83 Å². The van der Waals surface area contributed by atoms with Gasteiger partial charge in [-0.1, -0.05) is 35.6 Å². The Labute approximate surface area is 149 Å². The summed E-state index contributed by atoms with van der Waals surface area (Å²) in [5.41, 5.74) is 0.377. The van der Waals surface area contributed by atoms with E-state index in [-0.39, 0.29) is 5.82 Å². The molecule has 0 spiro atoms. The minimum atomic E-state index is -3.47. The van der Waals surface area contributed by atoms with E-state index < -0.39 is 10.0 Å². The molecular formula is C17H16FN3O2S2. The number of nitrogens with zero attached hydrogens (tertiary/aromatic N) is 3. The van der Waals surface area contributed by atoms with Gasteiger partial charge in [0.15, 0.2) is 5.13 Å². The van der Waals surface area contributed by atoms with Gasteiger partial charge in [0.05, 0.1) is 9.60 Å². The first-order valence-corrected chi connectivity index (χ1v) is 10.2. The lowest BCUT2D eigenvalue weighted by Crippen LogP contribution is -2.48. The molecule has 0 N–H and O–H groups in total. The average molecular weight is 377 g/mol. The molecule has 25 heavy (non-hydrogen) atoms. The Morgan fingerprint density at radius 1 is 0.960 bits per heavy atom. The van der Waals surface area contributed by atoms with E-state index in [2.05, 4.69) is 4.98 Å². The number of benzene rings is 2. The van der Waals surface area contributed by atoms with Crippen molar-refractivity contribution in [2.75, 3.05) is 31.1 Å². The quantitative estimate of drug-likeness (QED) is 0.704. The maximum absolute atomic E-state index is 13.8. The fourth-order valence-electron chi connectivity index (χ4n) is 2.90. The molecule has 0 radical (unpaired) electrons. The number of hydrogen-bond acceptors (Lipinski definition) is 5. The minimum Gasteiger partial charge on any atom is -0.345 e. The molecule has 1 aliphatic heterocycles. The van der Waals surface area contributed by atoms with Crippen LogP contribution in [0.2, 0.25) is 0 Å². The first kappa shape index (κ1) is 16.4. The highest BCUT2D eigenvalue weighted by molar-refractivity contribution is 7.89. The second kappa shape index (κ2) is 6.36. The van der Waals surface area contributed by atoms with Gasteiger partial charge in [0.2, 0.25) is 10.0 Å². The van der Waals surface area contributed by atoms with E-state index in [1.54, 1.807) is 36.4 Å². The lowest BCUT2D eigenvalue weighted by atomic mass is 10.3. The first-order chi connectivity index (χ1) is 12.1. The molecule has 1 fully saturated rings.